The van der Waals surface area contributed by atoms with Crippen LogP contribution in [0.5, 0.6) is 0 Å². The van der Waals surface area contributed by atoms with Gasteiger partial charge in [-0.3, -0.25) is 4.79 Å². The van der Waals surface area contributed by atoms with Crippen molar-refractivity contribution in [2.45, 2.75) is 26.3 Å². The van der Waals surface area contributed by atoms with Gasteiger partial charge in [-0.15, -0.1) is 0 Å². The topological polar surface area (TPSA) is 62.5 Å². The van der Waals surface area contributed by atoms with Crippen LogP contribution in [0.4, 0.5) is 0 Å². The van der Waals surface area contributed by atoms with Crippen LogP contribution < -0.4 is 5.32 Å². The molecule has 4 heteroatoms. The van der Waals surface area contributed by atoms with Gasteiger partial charge in [0.05, 0.1) is 12.9 Å². The highest BCUT2D eigenvalue weighted by Crippen LogP contribution is 2.12. The number of carbonyl (C=O) groups excluding carboxylic acids is 1. The van der Waals surface area contributed by atoms with Gasteiger partial charge >= 0.3 is 0 Å². The standard InChI is InChI=1S/C14H19NO3/c1-3-11(4-2)7-8-14(17)15-12(10-16)13-6-5-9-18-13/h3,5-9,12,16H,4,10H2,1-2H3,(H,15,17). The Hall–Kier alpha value is -1.81. The summed E-state index contributed by atoms with van der Waals surface area (Å²) in [4.78, 5) is 11.7. The zero-order valence-electron chi connectivity index (χ0n) is 10.7. The van der Waals surface area contributed by atoms with Crippen molar-refractivity contribution in [2.75, 3.05) is 6.61 Å². The van der Waals surface area contributed by atoms with Gasteiger partial charge in [-0.2, -0.15) is 0 Å². The minimum absolute atomic E-state index is 0.197. The van der Waals surface area contributed by atoms with Crippen LogP contribution in [0.25, 0.3) is 0 Å². The lowest BCUT2D eigenvalue weighted by molar-refractivity contribution is -0.117. The predicted octanol–water partition coefficient (Wildman–Crippen LogP) is 2.34. The summed E-state index contributed by atoms with van der Waals surface area (Å²) >= 11 is 0. The van der Waals surface area contributed by atoms with Crippen LogP contribution in [0.3, 0.4) is 0 Å². The number of allylic oxidation sites excluding steroid dienone is 3. The number of aliphatic hydroxyl groups excluding tert-OH is 1. The van der Waals surface area contributed by atoms with Crippen LogP contribution in [0.15, 0.2) is 46.6 Å². The Kier molecular flexibility index (Phi) is 5.94. The maximum atomic E-state index is 11.7. The van der Waals surface area contributed by atoms with E-state index < -0.39 is 6.04 Å². The highest BCUT2D eigenvalue weighted by Gasteiger charge is 2.14. The normalized spacial score (nSPS) is 13.8. The number of nitrogens with one attached hydrogen (secondary N) is 1. The van der Waals surface area contributed by atoms with Crippen molar-refractivity contribution >= 4 is 5.91 Å². The second-order valence-electron chi connectivity index (χ2n) is 3.81. The Labute approximate surface area is 107 Å². The minimum Gasteiger partial charge on any atom is -0.467 e. The molecular formula is C14H19NO3. The van der Waals surface area contributed by atoms with Gasteiger partial charge in [-0.05, 0) is 25.5 Å². The summed E-state index contributed by atoms with van der Waals surface area (Å²) in [6.45, 7) is 3.76. The lowest BCUT2D eigenvalue weighted by Gasteiger charge is -2.12. The molecule has 0 aliphatic heterocycles. The summed E-state index contributed by atoms with van der Waals surface area (Å²) in [5, 5.41) is 11.9. The van der Waals surface area contributed by atoms with Crippen LogP contribution >= 0.6 is 0 Å². The van der Waals surface area contributed by atoms with E-state index in [4.69, 9.17) is 4.42 Å². The molecule has 18 heavy (non-hydrogen) atoms. The molecule has 1 heterocycles. The molecule has 1 aromatic heterocycles. The Morgan fingerprint density at radius 2 is 2.33 bits per heavy atom. The summed E-state index contributed by atoms with van der Waals surface area (Å²) < 4.78 is 5.15. The van der Waals surface area contributed by atoms with Crippen LogP contribution in [0.1, 0.15) is 32.1 Å². The van der Waals surface area contributed by atoms with E-state index in [-0.39, 0.29) is 12.5 Å². The van der Waals surface area contributed by atoms with E-state index >= 15 is 0 Å². The molecule has 0 spiro atoms. The molecule has 0 radical (unpaired) electrons. The quantitative estimate of drug-likeness (QED) is 0.601. The fraction of sp³-hybridized carbons (Fsp3) is 0.357. The number of hydrogen-bond acceptors (Lipinski definition) is 3. The number of aliphatic hydroxyl groups is 1. The molecule has 0 fully saturated rings. The van der Waals surface area contributed by atoms with Crippen molar-refractivity contribution in [2.24, 2.45) is 0 Å². The smallest absolute Gasteiger partial charge is 0.244 e. The summed E-state index contributed by atoms with van der Waals surface area (Å²) in [5.74, 6) is 0.291. The number of hydrogen-bond donors (Lipinski definition) is 2. The molecule has 0 aliphatic carbocycles. The molecule has 0 aromatic carbocycles. The molecule has 1 unspecified atom stereocenters. The first-order valence-electron chi connectivity index (χ1n) is 5.99. The van der Waals surface area contributed by atoms with Gasteiger partial charge in [0.1, 0.15) is 11.8 Å². The molecule has 0 bridgehead atoms. The Bertz CT molecular complexity index is 418. The van der Waals surface area contributed by atoms with Crippen molar-refractivity contribution in [3.8, 4) is 0 Å². The van der Waals surface area contributed by atoms with Gasteiger partial charge in [-0.25, -0.2) is 0 Å². The van der Waals surface area contributed by atoms with E-state index in [9.17, 15) is 9.90 Å². The Morgan fingerprint density at radius 1 is 1.56 bits per heavy atom. The molecule has 4 nitrogen and oxygen atoms in total. The molecule has 1 atom stereocenters. The molecule has 1 aromatic rings. The van der Waals surface area contributed by atoms with Crippen LogP contribution in [-0.4, -0.2) is 17.6 Å². The van der Waals surface area contributed by atoms with E-state index in [1.54, 1.807) is 18.2 Å². The minimum atomic E-state index is -0.507. The molecule has 2 N–H and O–H groups in total. The maximum Gasteiger partial charge on any atom is 0.244 e. The predicted molar refractivity (Wildman–Crippen MR) is 69.9 cm³/mol. The number of amides is 1. The van der Waals surface area contributed by atoms with Gasteiger partial charge in [-0.1, -0.05) is 24.6 Å². The van der Waals surface area contributed by atoms with Crippen molar-refractivity contribution in [1.82, 2.24) is 5.32 Å². The van der Waals surface area contributed by atoms with E-state index in [1.807, 2.05) is 19.9 Å². The Balaban J connectivity index is 2.58. The second-order valence-corrected chi connectivity index (χ2v) is 3.81. The van der Waals surface area contributed by atoms with E-state index in [0.29, 0.717) is 5.76 Å². The first-order chi connectivity index (χ1) is 8.71. The summed E-state index contributed by atoms with van der Waals surface area (Å²) in [7, 11) is 0. The van der Waals surface area contributed by atoms with Crippen molar-refractivity contribution in [3.05, 3.63) is 48.0 Å². The molecule has 0 aliphatic rings. The number of furan rings is 1. The van der Waals surface area contributed by atoms with Gasteiger partial charge in [0.25, 0.3) is 0 Å². The third kappa shape index (κ3) is 4.22. The largest absolute Gasteiger partial charge is 0.467 e. The average Bonchev–Trinajstić information content (AvgIpc) is 2.91. The molecule has 0 saturated carbocycles. The van der Waals surface area contributed by atoms with Gasteiger partial charge < -0.3 is 14.8 Å². The van der Waals surface area contributed by atoms with Crippen molar-refractivity contribution in [3.63, 3.8) is 0 Å². The van der Waals surface area contributed by atoms with E-state index in [0.717, 1.165) is 12.0 Å². The van der Waals surface area contributed by atoms with Gasteiger partial charge in [0.15, 0.2) is 0 Å². The summed E-state index contributed by atoms with van der Waals surface area (Å²) in [5.41, 5.74) is 1.09. The van der Waals surface area contributed by atoms with E-state index in [1.165, 1.54) is 12.3 Å². The van der Waals surface area contributed by atoms with E-state index in [2.05, 4.69) is 5.32 Å². The lowest BCUT2D eigenvalue weighted by Crippen LogP contribution is -2.29. The maximum absolute atomic E-state index is 11.7. The van der Waals surface area contributed by atoms with Crippen LogP contribution in [0.2, 0.25) is 0 Å². The second kappa shape index (κ2) is 7.50. The monoisotopic (exact) mass is 249 g/mol. The fourth-order valence-electron chi connectivity index (χ4n) is 1.52. The zero-order chi connectivity index (χ0) is 13.4. The highest BCUT2D eigenvalue weighted by molar-refractivity contribution is 5.88. The zero-order valence-corrected chi connectivity index (χ0v) is 10.7. The molecule has 1 rings (SSSR count). The highest BCUT2D eigenvalue weighted by atomic mass is 16.3. The molecular weight excluding hydrogens is 230 g/mol. The van der Waals surface area contributed by atoms with Crippen LogP contribution in [-0.2, 0) is 4.79 Å². The van der Waals surface area contributed by atoms with Crippen LogP contribution in [0, 0.1) is 0 Å². The fourth-order valence-corrected chi connectivity index (χ4v) is 1.52. The summed E-state index contributed by atoms with van der Waals surface area (Å²) in [6.07, 6.45) is 7.58. The summed E-state index contributed by atoms with van der Waals surface area (Å²) in [6, 6.07) is 2.93. The SMILES string of the molecule is CC=C(C=CC(=O)NC(CO)c1ccco1)CC. The first kappa shape index (κ1) is 14.3. The molecule has 0 saturated heterocycles. The molecule has 98 valence electrons. The van der Waals surface area contributed by atoms with Crippen molar-refractivity contribution in [1.29, 1.82) is 0 Å². The number of carbonyl (C=O) groups is 1. The lowest BCUT2D eigenvalue weighted by atomic mass is 10.2. The first-order valence-corrected chi connectivity index (χ1v) is 5.99. The third-order valence-electron chi connectivity index (χ3n) is 2.61. The average molecular weight is 249 g/mol. The molecule has 1 amide bonds. The third-order valence-corrected chi connectivity index (χ3v) is 2.61. The van der Waals surface area contributed by atoms with Crippen molar-refractivity contribution < 1.29 is 14.3 Å². The Morgan fingerprint density at radius 3 is 2.83 bits per heavy atom. The van der Waals surface area contributed by atoms with Gasteiger partial charge in [0.2, 0.25) is 5.91 Å². The van der Waals surface area contributed by atoms with Gasteiger partial charge in [0, 0.05) is 6.08 Å². The number of rotatable bonds is 6.